The van der Waals surface area contributed by atoms with E-state index in [1.165, 1.54) is 17.5 Å². The molecule has 2 aromatic rings. The van der Waals surface area contributed by atoms with Crippen molar-refractivity contribution in [3.63, 3.8) is 0 Å². The molecule has 1 atom stereocenters. The second-order valence-corrected chi connectivity index (χ2v) is 7.29. The van der Waals surface area contributed by atoms with E-state index in [9.17, 15) is 13.2 Å². The molecule has 11 heteroatoms. The van der Waals surface area contributed by atoms with Crippen LogP contribution in [0.2, 0.25) is 0 Å². The highest BCUT2D eigenvalue weighted by molar-refractivity contribution is 8.00. The highest BCUT2D eigenvalue weighted by Gasteiger charge is 2.43. The molecule has 0 spiro atoms. The first-order valence-electron chi connectivity index (χ1n) is 7.29. The lowest BCUT2D eigenvalue weighted by atomic mass is 10.4. The third-order valence-corrected chi connectivity index (χ3v) is 5.02. The molecule has 0 bridgehead atoms. The highest BCUT2D eigenvalue weighted by atomic mass is 32.2. The molecule has 3 rings (SSSR count). The zero-order chi connectivity index (χ0) is 17.9. The third kappa shape index (κ3) is 4.34. The largest absolute Gasteiger partial charge is 0.470 e. The highest BCUT2D eigenvalue weighted by Crippen LogP contribution is 2.31. The van der Waals surface area contributed by atoms with Crippen LogP contribution >= 0.6 is 23.3 Å². The number of pyridine rings is 1. The standard InChI is InChI=1S/C14H14F3N5OS2/c1-2-24-22(9-4-3-5-18-6-9)8-11-19-7-10(25-11)12-20-21-13(23-12)14(15,16)17/h3-7,12,20H,2,8H2,1H3. The number of halogens is 3. The second-order valence-electron chi connectivity index (χ2n) is 4.86. The number of nitrogens with zero attached hydrogens (tertiary/aromatic N) is 4. The number of rotatable bonds is 6. The number of hydrazone groups is 1. The maximum atomic E-state index is 12.6. The van der Waals surface area contributed by atoms with Gasteiger partial charge >= 0.3 is 12.1 Å². The summed E-state index contributed by atoms with van der Waals surface area (Å²) in [6.45, 7) is 2.54. The van der Waals surface area contributed by atoms with E-state index >= 15 is 0 Å². The SMILES string of the molecule is CCSN(Cc1ncc(C2NN=C(C(F)(F)F)O2)s1)c1cccnc1. The Bertz CT molecular complexity index is 738. The van der Waals surface area contributed by atoms with Crippen LogP contribution in [-0.4, -0.2) is 27.8 Å². The second kappa shape index (κ2) is 7.48. The van der Waals surface area contributed by atoms with E-state index in [0.717, 1.165) is 16.4 Å². The fourth-order valence-corrected chi connectivity index (χ4v) is 3.79. The first-order valence-corrected chi connectivity index (χ1v) is 9.05. The van der Waals surface area contributed by atoms with Gasteiger partial charge in [-0.1, -0.05) is 6.92 Å². The van der Waals surface area contributed by atoms with Gasteiger partial charge in [-0.3, -0.25) is 10.4 Å². The number of alkyl halides is 3. The summed E-state index contributed by atoms with van der Waals surface area (Å²) in [4.78, 5) is 8.92. The molecule has 1 aliphatic rings. The lowest BCUT2D eigenvalue weighted by Crippen LogP contribution is -2.23. The van der Waals surface area contributed by atoms with E-state index < -0.39 is 18.3 Å². The van der Waals surface area contributed by atoms with Crippen molar-refractivity contribution >= 4 is 34.9 Å². The summed E-state index contributed by atoms with van der Waals surface area (Å²) < 4.78 is 44.6. The minimum absolute atomic E-state index is 0.509. The van der Waals surface area contributed by atoms with Crippen LogP contribution in [0.5, 0.6) is 0 Å². The summed E-state index contributed by atoms with van der Waals surface area (Å²) in [7, 11) is 0. The molecule has 2 aromatic heterocycles. The maximum absolute atomic E-state index is 12.6. The molecule has 0 saturated heterocycles. The molecule has 0 aliphatic carbocycles. The number of nitrogens with one attached hydrogen (secondary N) is 1. The van der Waals surface area contributed by atoms with E-state index in [-0.39, 0.29) is 0 Å². The first kappa shape index (κ1) is 17.8. The van der Waals surface area contributed by atoms with Gasteiger partial charge in [0.15, 0.2) is 0 Å². The average molecular weight is 389 g/mol. The van der Waals surface area contributed by atoms with E-state index in [4.69, 9.17) is 4.74 Å². The monoisotopic (exact) mass is 389 g/mol. The summed E-state index contributed by atoms with van der Waals surface area (Å²) in [5, 5.41) is 3.94. The van der Waals surface area contributed by atoms with Gasteiger partial charge in [0.1, 0.15) is 5.01 Å². The molecule has 6 nitrogen and oxygen atoms in total. The molecule has 0 aromatic carbocycles. The summed E-state index contributed by atoms with van der Waals surface area (Å²) in [6.07, 6.45) is -0.619. The predicted molar refractivity (Wildman–Crippen MR) is 91.1 cm³/mol. The van der Waals surface area contributed by atoms with Gasteiger partial charge in [0, 0.05) is 18.1 Å². The van der Waals surface area contributed by atoms with Gasteiger partial charge in [0.2, 0.25) is 6.23 Å². The minimum atomic E-state index is -4.61. The maximum Gasteiger partial charge on any atom is 0.470 e. The van der Waals surface area contributed by atoms with E-state index in [2.05, 4.69) is 20.5 Å². The van der Waals surface area contributed by atoms with Gasteiger partial charge in [-0.2, -0.15) is 13.2 Å². The topological polar surface area (TPSA) is 62.6 Å². The van der Waals surface area contributed by atoms with Gasteiger partial charge in [-0.15, -0.1) is 16.4 Å². The van der Waals surface area contributed by atoms with E-state index in [1.54, 1.807) is 24.3 Å². The van der Waals surface area contributed by atoms with E-state index in [1.807, 2.05) is 23.4 Å². The molecule has 0 saturated carbocycles. The van der Waals surface area contributed by atoms with Crippen molar-refractivity contribution in [2.24, 2.45) is 5.10 Å². The molecule has 25 heavy (non-hydrogen) atoms. The van der Waals surface area contributed by atoms with Crippen LogP contribution < -0.4 is 9.73 Å². The Kier molecular flexibility index (Phi) is 5.33. The van der Waals surface area contributed by atoms with Crippen LogP contribution in [0.25, 0.3) is 0 Å². The van der Waals surface area contributed by atoms with E-state index in [0.29, 0.717) is 11.4 Å². The number of ether oxygens (including phenoxy) is 1. The molecular formula is C14H14F3N5OS2. The Balaban J connectivity index is 1.67. The van der Waals surface area contributed by atoms with Crippen molar-refractivity contribution in [2.75, 3.05) is 10.1 Å². The molecule has 0 amide bonds. The molecule has 1 unspecified atom stereocenters. The van der Waals surface area contributed by atoms with Crippen molar-refractivity contribution in [3.05, 3.63) is 40.6 Å². The summed E-state index contributed by atoms with van der Waals surface area (Å²) >= 11 is 2.89. The summed E-state index contributed by atoms with van der Waals surface area (Å²) in [5.41, 5.74) is 3.27. The van der Waals surface area contributed by atoms with Gasteiger partial charge in [0.25, 0.3) is 0 Å². The number of thiazole rings is 1. The van der Waals surface area contributed by atoms with Crippen LogP contribution in [0.1, 0.15) is 23.0 Å². The molecule has 134 valence electrons. The number of hydrogen-bond donors (Lipinski definition) is 1. The number of aromatic nitrogens is 2. The van der Waals surface area contributed by atoms with Gasteiger partial charge in [0.05, 0.1) is 23.3 Å². The van der Waals surface area contributed by atoms with Gasteiger partial charge in [-0.25, -0.2) is 4.98 Å². The Hall–Kier alpha value is -2.01. The molecular weight excluding hydrogens is 375 g/mol. The fourth-order valence-electron chi connectivity index (χ4n) is 2.04. The number of hydrogen-bond acceptors (Lipinski definition) is 8. The normalized spacial score (nSPS) is 17.0. The van der Waals surface area contributed by atoms with Crippen LogP contribution in [-0.2, 0) is 11.3 Å². The molecule has 1 N–H and O–H groups in total. The quantitative estimate of drug-likeness (QED) is 0.760. The Morgan fingerprint density at radius 1 is 1.40 bits per heavy atom. The number of anilines is 1. The zero-order valence-electron chi connectivity index (χ0n) is 13.0. The third-order valence-electron chi connectivity index (χ3n) is 3.08. The Morgan fingerprint density at radius 3 is 2.88 bits per heavy atom. The molecule has 3 heterocycles. The smallest absolute Gasteiger partial charge is 0.443 e. The lowest BCUT2D eigenvalue weighted by Gasteiger charge is -2.21. The van der Waals surface area contributed by atoms with Crippen LogP contribution in [0, 0.1) is 0 Å². The van der Waals surface area contributed by atoms with Crippen molar-refractivity contribution < 1.29 is 17.9 Å². The van der Waals surface area contributed by atoms with Gasteiger partial charge < -0.3 is 9.04 Å². The molecule has 0 radical (unpaired) electrons. The predicted octanol–water partition coefficient (Wildman–Crippen LogP) is 3.71. The molecule has 0 fully saturated rings. The van der Waals surface area contributed by atoms with Gasteiger partial charge in [-0.05, 0) is 24.1 Å². The Morgan fingerprint density at radius 2 is 2.24 bits per heavy atom. The van der Waals surface area contributed by atoms with Crippen molar-refractivity contribution in [1.29, 1.82) is 0 Å². The zero-order valence-corrected chi connectivity index (χ0v) is 14.7. The van der Waals surface area contributed by atoms with Crippen LogP contribution in [0.4, 0.5) is 18.9 Å². The van der Waals surface area contributed by atoms with Crippen LogP contribution in [0.15, 0.2) is 35.8 Å². The van der Waals surface area contributed by atoms with Crippen molar-refractivity contribution in [1.82, 2.24) is 15.4 Å². The van der Waals surface area contributed by atoms with Crippen molar-refractivity contribution in [3.8, 4) is 0 Å². The minimum Gasteiger partial charge on any atom is -0.443 e. The first-order chi connectivity index (χ1) is 12.0. The fraction of sp³-hybridized carbons (Fsp3) is 0.357. The average Bonchev–Trinajstić information content (AvgIpc) is 3.24. The summed E-state index contributed by atoms with van der Waals surface area (Å²) in [6, 6.07) is 3.79. The van der Waals surface area contributed by atoms with Crippen molar-refractivity contribution in [2.45, 2.75) is 25.9 Å². The lowest BCUT2D eigenvalue weighted by molar-refractivity contribution is -0.0794. The summed E-state index contributed by atoms with van der Waals surface area (Å²) in [5.74, 6) is -0.408. The Labute approximate surface area is 150 Å². The van der Waals surface area contributed by atoms with Crippen LogP contribution in [0.3, 0.4) is 0 Å². The molecule has 1 aliphatic heterocycles.